The van der Waals surface area contributed by atoms with Gasteiger partial charge in [-0.25, -0.2) is 8.42 Å². The number of likely N-dealkylation sites (tertiary alicyclic amines) is 1. The molecular weight excluding hydrogens is 428 g/mol. The fraction of sp³-hybridized carbons (Fsp3) is 0.417. The number of nitrogens with one attached hydrogen (secondary N) is 1. The van der Waals surface area contributed by atoms with Gasteiger partial charge in [-0.15, -0.1) is 0 Å². The van der Waals surface area contributed by atoms with Crippen molar-refractivity contribution in [2.75, 3.05) is 25.9 Å². The number of aryl methyl sites for hydroxylation is 1. The maximum Gasteiger partial charge on any atom is 0.234 e. The lowest BCUT2D eigenvalue weighted by Crippen LogP contribution is -2.44. The molecule has 0 saturated carbocycles. The molecule has 0 bridgehead atoms. The summed E-state index contributed by atoms with van der Waals surface area (Å²) in [6.45, 7) is 1.29. The van der Waals surface area contributed by atoms with Gasteiger partial charge in [0.2, 0.25) is 11.8 Å². The van der Waals surface area contributed by atoms with Gasteiger partial charge in [0.05, 0.1) is 5.25 Å². The van der Waals surface area contributed by atoms with Crippen LogP contribution in [-0.2, 0) is 32.5 Å². The number of carbonyl (C=O) groups is 2. The Kier molecular flexibility index (Phi) is 8.27. The van der Waals surface area contributed by atoms with Crippen molar-refractivity contribution in [1.82, 2.24) is 10.2 Å². The first-order valence-electron chi connectivity index (χ1n) is 10.8. The lowest BCUT2D eigenvalue weighted by Gasteiger charge is -2.31. The van der Waals surface area contributed by atoms with Gasteiger partial charge in [-0.05, 0) is 42.5 Å². The molecule has 1 fully saturated rings. The summed E-state index contributed by atoms with van der Waals surface area (Å²) >= 11 is 0. The van der Waals surface area contributed by atoms with Crippen LogP contribution in [0.2, 0.25) is 0 Å². The molecule has 2 amide bonds. The number of sulfone groups is 1. The van der Waals surface area contributed by atoms with Gasteiger partial charge < -0.3 is 15.0 Å². The number of benzene rings is 2. The first-order valence-corrected chi connectivity index (χ1v) is 12.5. The minimum absolute atomic E-state index is 0.0164. The molecule has 0 radical (unpaired) electrons. The molecule has 0 unspecified atom stereocenters. The van der Waals surface area contributed by atoms with Crippen molar-refractivity contribution >= 4 is 21.7 Å². The largest absolute Gasteiger partial charge is 0.489 e. The summed E-state index contributed by atoms with van der Waals surface area (Å²) in [5.74, 6) is -0.215. The van der Waals surface area contributed by atoms with Crippen LogP contribution in [0.4, 0.5) is 0 Å². The van der Waals surface area contributed by atoms with E-state index in [2.05, 4.69) is 5.32 Å². The van der Waals surface area contributed by atoms with Crippen LogP contribution in [0.15, 0.2) is 54.6 Å². The molecule has 172 valence electrons. The molecule has 3 rings (SSSR count). The predicted octanol–water partition coefficient (Wildman–Crippen LogP) is 2.35. The summed E-state index contributed by atoms with van der Waals surface area (Å²) in [5.41, 5.74) is 2.11. The Labute approximate surface area is 189 Å². The highest BCUT2D eigenvalue weighted by Crippen LogP contribution is 2.21. The van der Waals surface area contributed by atoms with E-state index in [9.17, 15) is 18.0 Å². The Morgan fingerprint density at radius 2 is 1.72 bits per heavy atom. The molecule has 32 heavy (non-hydrogen) atoms. The van der Waals surface area contributed by atoms with E-state index in [1.54, 1.807) is 4.90 Å². The van der Waals surface area contributed by atoms with Crippen LogP contribution >= 0.6 is 0 Å². The topological polar surface area (TPSA) is 92.8 Å². The van der Waals surface area contributed by atoms with E-state index in [1.165, 1.54) is 7.05 Å². The van der Waals surface area contributed by atoms with E-state index < -0.39 is 26.7 Å². The first kappa shape index (κ1) is 23.8. The van der Waals surface area contributed by atoms with Crippen molar-refractivity contribution in [3.63, 3.8) is 0 Å². The standard InChI is InChI=1S/C24H30N2O5S/c1-25-23(27)18-32(29,30)22-12-14-26(15-13-22)24(28)11-10-19-8-5-9-21(16-19)31-17-20-6-3-2-4-7-20/h2-9,16,22H,10-15,17-18H2,1H3,(H,25,27). The summed E-state index contributed by atoms with van der Waals surface area (Å²) in [7, 11) is -2.07. The summed E-state index contributed by atoms with van der Waals surface area (Å²) in [6.07, 6.45) is 1.69. The van der Waals surface area contributed by atoms with Crippen molar-refractivity contribution in [2.24, 2.45) is 0 Å². The SMILES string of the molecule is CNC(=O)CS(=O)(=O)C1CCN(C(=O)CCc2cccc(OCc3ccccc3)c2)CC1. The zero-order valence-corrected chi connectivity index (χ0v) is 19.1. The van der Waals surface area contributed by atoms with Crippen LogP contribution in [0.5, 0.6) is 5.75 Å². The minimum Gasteiger partial charge on any atom is -0.489 e. The highest BCUT2D eigenvalue weighted by Gasteiger charge is 2.32. The Morgan fingerprint density at radius 3 is 2.41 bits per heavy atom. The van der Waals surface area contributed by atoms with Crippen molar-refractivity contribution in [3.05, 3.63) is 65.7 Å². The van der Waals surface area contributed by atoms with E-state index in [-0.39, 0.29) is 5.91 Å². The molecule has 7 nitrogen and oxygen atoms in total. The Balaban J connectivity index is 1.45. The maximum absolute atomic E-state index is 12.6. The lowest BCUT2D eigenvalue weighted by atomic mass is 10.1. The fourth-order valence-corrected chi connectivity index (χ4v) is 5.45. The Morgan fingerprint density at radius 1 is 1.03 bits per heavy atom. The monoisotopic (exact) mass is 458 g/mol. The number of nitrogens with zero attached hydrogens (tertiary/aromatic N) is 1. The molecule has 2 aromatic carbocycles. The van der Waals surface area contributed by atoms with Gasteiger partial charge in [0.15, 0.2) is 9.84 Å². The van der Waals surface area contributed by atoms with Crippen molar-refractivity contribution in [1.29, 1.82) is 0 Å². The molecule has 1 aliphatic heterocycles. The van der Waals surface area contributed by atoms with Crippen LogP contribution in [0, 0.1) is 0 Å². The number of ether oxygens (including phenoxy) is 1. The zero-order chi connectivity index (χ0) is 23.0. The van der Waals surface area contributed by atoms with Crippen LogP contribution in [0.25, 0.3) is 0 Å². The number of carbonyl (C=O) groups excluding carboxylic acids is 2. The molecule has 0 aliphatic carbocycles. The third kappa shape index (κ3) is 6.82. The Hall–Kier alpha value is -2.87. The van der Waals surface area contributed by atoms with Crippen LogP contribution < -0.4 is 10.1 Å². The zero-order valence-electron chi connectivity index (χ0n) is 18.3. The second kappa shape index (κ2) is 11.1. The van der Waals surface area contributed by atoms with Crippen LogP contribution in [0.1, 0.15) is 30.4 Å². The number of amides is 2. The molecule has 1 heterocycles. The van der Waals surface area contributed by atoms with Gasteiger partial charge in [0.1, 0.15) is 18.1 Å². The quantitative estimate of drug-likeness (QED) is 0.623. The normalized spacial score (nSPS) is 14.7. The summed E-state index contributed by atoms with van der Waals surface area (Å²) in [4.78, 5) is 25.8. The van der Waals surface area contributed by atoms with Gasteiger partial charge in [0, 0.05) is 26.6 Å². The highest BCUT2D eigenvalue weighted by molar-refractivity contribution is 7.92. The van der Waals surface area contributed by atoms with Crippen LogP contribution in [0.3, 0.4) is 0 Å². The fourth-order valence-electron chi connectivity index (χ4n) is 3.78. The minimum atomic E-state index is -3.49. The molecule has 1 aliphatic rings. The third-order valence-electron chi connectivity index (χ3n) is 5.69. The van der Waals surface area contributed by atoms with E-state index >= 15 is 0 Å². The average Bonchev–Trinajstić information content (AvgIpc) is 2.82. The second-order valence-electron chi connectivity index (χ2n) is 7.98. The summed E-state index contributed by atoms with van der Waals surface area (Å²) in [6, 6.07) is 17.7. The number of rotatable bonds is 9. The van der Waals surface area contributed by atoms with Gasteiger partial charge in [-0.2, -0.15) is 0 Å². The van der Waals surface area contributed by atoms with E-state index in [4.69, 9.17) is 4.74 Å². The van der Waals surface area contributed by atoms with E-state index in [0.29, 0.717) is 45.4 Å². The molecule has 1 N–H and O–H groups in total. The molecule has 8 heteroatoms. The van der Waals surface area contributed by atoms with Gasteiger partial charge in [-0.1, -0.05) is 42.5 Å². The van der Waals surface area contributed by atoms with E-state index in [1.807, 2.05) is 54.6 Å². The van der Waals surface area contributed by atoms with Crippen molar-refractivity contribution < 1.29 is 22.7 Å². The van der Waals surface area contributed by atoms with Crippen LogP contribution in [-0.4, -0.2) is 56.3 Å². The smallest absolute Gasteiger partial charge is 0.234 e. The summed E-state index contributed by atoms with van der Waals surface area (Å²) < 4.78 is 30.5. The van der Waals surface area contributed by atoms with Crippen molar-refractivity contribution in [3.8, 4) is 5.75 Å². The summed E-state index contributed by atoms with van der Waals surface area (Å²) in [5, 5.41) is 1.78. The Bertz CT molecular complexity index is 1020. The molecule has 1 saturated heterocycles. The van der Waals surface area contributed by atoms with Crippen molar-refractivity contribution in [2.45, 2.75) is 37.5 Å². The first-order chi connectivity index (χ1) is 15.4. The molecule has 0 atom stereocenters. The van der Waals surface area contributed by atoms with Gasteiger partial charge in [-0.3, -0.25) is 9.59 Å². The molecule has 0 spiro atoms. The number of hydrogen-bond acceptors (Lipinski definition) is 5. The molecular formula is C24H30N2O5S. The number of piperidine rings is 1. The van der Waals surface area contributed by atoms with E-state index in [0.717, 1.165) is 16.9 Å². The maximum atomic E-state index is 12.6. The number of hydrogen-bond donors (Lipinski definition) is 1. The third-order valence-corrected chi connectivity index (χ3v) is 7.84. The van der Waals surface area contributed by atoms with Gasteiger partial charge in [0.25, 0.3) is 0 Å². The second-order valence-corrected chi connectivity index (χ2v) is 10.3. The predicted molar refractivity (Wildman–Crippen MR) is 123 cm³/mol. The highest BCUT2D eigenvalue weighted by atomic mass is 32.2. The lowest BCUT2D eigenvalue weighted by molar-refractivity contribution is -0.132. The van der Waals surface area contributed by atoms with Gasteiger partial charge >= 0.3 is 0 Å². The molecule has 2 aromatic rings. The molecule has 0 aromatic heterocycles. The average molecular weight is 459 g/mol.